The summed E-state index contributed by atoms with van der Waals surface area (Å²) in [6.45, 7) is 7.91. The number of amides is 1. The van der Waals surface area contributed by atoms with Gasteiger partial charge in [0.05, 0.1) is 23.5 Å². The van der Waals surface area contributed by atoms with E-state index in [2.05, 4.69) is 4.98 Å². The Morgan fingerprint density at radius 3 is 2.41 bits per heavy atom. The molecule has 1 saturated heterocycles. The van der Waals surface area contributed by atoms with Crippen molar-refractivity contribution in [2.45, 2.75) is 57.8 Å². The Morgan fingerprint density at radius 2 is 1.91 bits per heavy atom. The van der Waals surface area contributed by atoms with Crippen molar-refractivity contribution in [1.29, 1.82) is 0 Å². The van der Waals surface area contributed by atoms with Crippen molar-refractivity contribution < 1.29 is 18.8 Å². The van der Waals surface area contributed by atoms with Crippen LogP contribution in [-0.2, 0) is 9.31 Å². The van der Waals surface area contributed by atoms with Crippen LogP contribution in [0.4, 0.5) is 0 Å². The molecule has 0 unspecified atom stereocenters. The zero-order valence-electron chi connectivity index (χ0n) is 13.4. The first kappa shape index (κ1) is 15.3. The summed E-state index contributed by atoms with van der Waals surface area (Å²) < 4.78 is 18.0. The minimum atomic E-state index is -0.611. The SMILES string of the molecule is CC1(C)OB(c2cc(C(N)=O)ncc2OC2CC2)OC1(C)C. The van der Waals surface area contributed by atoms with Crippen LogP contribution in [0.3, 0.4) is 0 Å². The molecule has 118 valence electrons. The Morgan fingerprint density at radius 1 is 1.32 bits per heavy atom. The van der Waals surface area contributed by atoms with Crippen molar-refractivity contribution in [2.75, 3.05) is 0 Å². The van der Waals surface area contributed by atoms with E-state index < -0.39 is 24.2 Å². The topological polar surface area (TPSA) is 83.7 Å². The summed E-state index contributed by atoms with van der Waals surface area (Å²) in [7, 11) is -0.611. The number of primary amides is 1. The van der Waals surface area contributed by atoms with Crippen LogP contribution in [-0.4, -0.2) is 35.3 Å². The molecule has 7 heteroatoms. The normalized spacial score (nSPS) is 22.6. The summed E-state index contributed by atoms with van der Waals surface area (Å²) >= 11 is 0. The third-order valence-electron chi connectivity index (χ3n) is 4.48. The van der Waals surface area contributed by atoms with Gasteiger partial charge in [0.25, 0.3) is 5.91 Å². The van der Waals surface area contributed by atoms with E-state index >= 15 is 0 Å². The second kappa shape index (κ2) is 4.96. The minimum Gasteiger partial charge on any atom is -0.489 e. The molecule has 1 aliphatic heterocycles. The highest BCUT2D eigenvalue weighted by Gasteiger charge is 2.52. The van der Waals surface area contributed by atoms with E-state index in [-0.39, 0.29) is 11.8 Å². The van der Waals surface area contributed by atoms with Gasteiger partial charge < -0.3 is 19.8 Å². The summed E-state index contributed by atoms with van der Waals surface area (Å²) in [5.74, 6) is 0.00161. The highest BCUT2D eigenvalue weighted by atomic mass is 16.7. The predicted molar refractivity (Wildman–Crippen MR) is 82.1 cm³/mol. The van der Waals surface area contributed by atoms with Crippen LogP contribution in [0.25, 0.3) is 0 Å². The Hall–Kier alpha value is -1.60. The molecule has 6 nitrogen and oxygen atoms in total. The maximum atomic E-state index is 11.4. The van der Waals surface area contributed by atoms with Crippen LogP contribution < -0.4 is 15.9 Å². The van der Waals surface area contributed by atoms with Crippen molar-refractivity contribution >= 4 is 18.5 Å². The number of carbonyl (C=O) groups excluding carboxylic acids is 1. The number of pyridine rings is 1. The summed E-state index contributed by atoms with van der Waals surface area (Å²) in [4.78, 5) is 15.5. The van der Waals surface area contributed by atoms with E-state index in [9.17, 15) is 4.79 Å². The quantitative estimate of drug-likeness (QED) is 0.840. The molecular formula is C15H21BN2O4. The fraction of sp³-hybridized carbons (Fsp3) is 0.600. The summed E-state index contributed by atoms with van der Waals surface area (Å²) in [6, 6.07) is 1.60. The van der Waals surface area contributed by atoms with Crippen LogP contribution in [0.1, 0.15) is 51.0 Å². The fourth-order valence-corrected chi connectivity index (χ4v) is 2.21. The first-order chi connectivity index (χ1) is 10.2. The van der Waals surface area contributed by atoms with Crippen molar-refractivity contribution in [1.82, 2.24) is 4.98 Å². The number of nitrogens with zero attached hydrogens (tertiary/aromatic N) is 1. The Balaban J connectivity index is 1.96. The highest BCUT2D eigenvalue weighted by molar-refractivity contribution is 6.63. The van der Waals surface area contributed by atoms with Crippen LogP contribution in [0.15, 0.2) is 12.3 Å². The van der Waals surface area contributed by atoms with Gasteiger partial charge in [-0.05, 0) is 46.6 Å². The summed E-state index contributed by atoms with van der Waals surface area (Å²) in [5.41, 5.74) is 5.23. The number of hydrogen-bond donors (Lipinski definition) is 1. The Labute approximate surface area is 130 Å². The average Bonchev–Trinajstić information content (AvgIpc) is 3.17. The lowest BCUT2D eigenvalue weighted by atomic mass is 9.78. The molecule has 22 heavy (non-hydrogen) atoms. The van der Waals surface area contributed by atoms with Crippen LogP contribution >= 0.6 is 0 Å². The monoisotopic (exact) mass is 304 g/mol. The van der Waals surface area contributed by atoms with Gasteiger partial charge in [-0.1, -0.05) is 0 Å². The lowest BCUT2D eigenvalue weighted by Crippen LogP contribution is -2.41. The molecule has 2 N–H and O–H groups in total. The van der Waals surface area contributed by atoms with Gasteiger partial charge in [-0.25, -0.2) is 4.98 Å². The van der Waals surface area contributed by atoms with Crippen LogP contribution in [0.2, 0.25) is 0 Å². The predicted octanol–water partition coefficient (Wildman–Crippen LogP) is 1.02. The first-order valence-corrected chi connectivity index (χ1v) is 7.52. The van der Waals surface area contributed by atoms with Gasteiger partial charge >= 0.3 is 7.12 Å². The first-order valence-electron chi connectivity index (χ1n) is 7.52. The number of aromatic nitrogens is 1. The van der Waals surface area contributed by atoms with E-state index in [1.54, 1.807) is 6.07 Å². The molecule has 1 aromatic rings. The maximum absolute atomic E-state index is 11.4. The van der Waals surface area contributed by atoms with Gasteiger partial charge in [0.1, 0.15) is 11.4 Å². The van der Waals surface area contributed by atoms with E-state index in [4.69, 9.17) is 19.8 Å². The summed E-state index contributed by atoms with van der Waals surface area (Å²) in [5, 5.41) is 0. The van der Waals surface area contributed by atoms with E-state index in [1.165, 1.54) is 6.20 Å². The third-order valence-corrected chi connectivity index (χ3v) is 4.48. The highest BCUT2D eigenvalue weighted by Crippen LogP contribution is 2.37. The van der Waals surface area contributed by atoms with E-state index in [1.807, 2.05) is 27.7 Å². The molecule has 1 saturated carbocycles. The van der Waals surface area contributed by atoms with Crippen LogP contribution in [0, 0.1) is 0 Å². The Bertz CT molecular complexity index is 598. The maximum Gasteiger partial charge on any atom is 0.498 e. The Kier molecular flexibility index (Phi) is 3.45. The van der Waals surface area contributed by atoms with Crippen molar-refractivity contribution in [2.24, 2.45) is 5.73 Å². The van der Waals surface area contributed by atoms with E-state index in [0.29, 0.717) is 11.2 Å². The molecular weight excluding hydrogens is 283 g/mol. The van der Waals surface area contributed by atoms with Gasteiger partial charge in [-0.2, -0.15) is 0 Å². The molecule has 1 amide bonds. The standard InChI is InChI=1S/C15H21BN2O4/c1-14(2)15(3,4)22-16(21-14)10-7-11(13(17)19)18-8-12(10)20-9-5-6-9/h7-9H,5-6H2,1-4H3,(H2,17,19). The van der Waals surface area contributed by atoms with Gasteiger partial charge in [0.15, 0.2) is 0 Å². The zero-order chi connectivity index (χ0) is 16.1. The molecule has 0 bridgehead atoms. The average molecular weight is 304 g/mol. The van der Waals surface area contributed by atoms with Crippen LogP contribution in [0.5, 0.6) is 5.75 Å². The number of carbonyl (C=O) groups is 1. The number of ether oxygens (including phenoxy) is 1. The van der Waals surface area contributed by atoms with Crippen molar-refractivity contribution in [3.63, 3.8) is 0 Å². The fourth-order valence-electron chi connectivity index (χ4n) is 2.21. The third kappa shape index (κ3) is 2.70. The lowest BCUT2D eigenvalue weighted by molar-refractivity contribution is 0.00578. The molecule has 0 spiro atoms. The van der Waals surface area contributed by atoms with E-state index in [0.717, 1.165) is 12.8 Å². The number of hydrogen-bond acceptors (Lipinski definition) is 5. The molecule has 1 aliphatic carbocycles. The molecule has 3 rings (SSSR count). The molecule has 1 aromatic heterocycles. The van der Waals surface area contributed by atoms with Crippen molar-refractivity contribution in [3.05, 3.63) is 18.0 Å². The smallest absolute Gasteiger partial charge is 0.489 e. The molecule has 2 fully saturated rings. The molecule has 0 radical (unpaired) electrons. The number of rotatable bonds is 4. The lowest BCUT2D eigenvalue weighted by Gasteiger charge is -2.32. The largest absolute Gasteiger partial charge is 0.498 e. The van der Waals surface area contributed by atoms with Gasteiger partial charge in [0, 0.05) is 5.46 Å². The second-order valence-corrected chi connectivity index (χ2v) is 6.88. The zero-order valence-corrected chi connectivity index (χ0v) is 13.4. The second-order valence-electron chi connectivity index (χ2n) is 6.88. The van der Waals surface area contributed by atoms with Gasteiger partial charge in [0.2, 0.25) is 0 Å². The molecule has 2 aliphatic rings. The summed E-state index contributed by atoms with van der Waals surface area (Å²) in [6.07, 6.45) is 3.79. The number of nitrogens with two attached hydrogens (primary N) is 1. The molecule has 2 heterocycles. The molecule has 0 atom stereocenters. The van der Waals surface area contributed by atoms with Gasteiger partial charge in [-0.15, -0.1) is 0 Å². The van der Waals surface area contributed by atoms with Gasteiger partial charge in [-0.3, -0.25) is 4.79 Å². The molecule has 0 aromatic carbocycles. The van der Waals surface area contributed by atoms with Crippen molar-refractivity contribution in [3.8, 4) is 5.75 Å². The minimum absolute atomic E-state index is 0.174.